The van der Waals surface area contributed by atoms with Crippen molar-refractivity contribution in [3.05, 3.63) is 45.7 Å². The number of anilines is 1. The van der Waals surface area contributed by atoms with E-state index < -0.39 is 0 Å². The molecule has 0 radical (unpaired) electrons. The van der Waals surface area contributed by atoms with Gasteiger partial charge in [0.05, 0.1) is 5.56 Å². The van der Waals surface area contributed by atoms with Gasteiger partial charge in [-0.2, -0.15) is 5.26 Å². The number of thiophene rings is 1. The lowest BCUT2D eigenvalue weighted by Gasteiger charge is -2.04. The van der Waals surface area contributed by atoms with Gasteiger partial charge in [0.25, 0.3) is 0 Å². The summed E-state index contributed by atoms with van der Waals surface area (Å²) in [5, 5.41) is 14.1. The van der Waals surface area contributed by atoms with Crippen LogP contribution in [-0.4, -0.2) is 11.7 Å². The fourth-order valence-electron chi connectivity index (χ4n) is 1.48. The molecule has 1 aromatic heterocycles. The van der Waals surface area contributed by atoms with Crippen LogP contribution in [0, 0.1) is 11.3 Å². The summed E-state index contributed by atoms with van der Waals surface area (Å²) in [7, 11) is 0. The van der Waals surface area contributed by atoms with Crippen molar-refractivity contribution < 1.29 is 4.79 Å². The van der Waals surface area contributed by atoms with E-state index in [1.165, 1.54) is 11.3 Å². The lowest BCUT2D eigenvalue weighted by atomic mass is 10.3. The van der Waals surface area contributed by atoms with E-state index in [1.807, 2.05) is 24.3 Å². The number of nitrogens with zero attached hydrogens (tertiary/aromatic N) is 1. The third-order valence-corrected chi connectivity index (χ3v) is 4.82. The molecule has 2 aromatic rings. The van der Waals surface area contributed by atoms with E-state index in [-0.39, 0.29) is 5.91 Å². The second-order valence-electron chi connectivity index (χ2n) is 3.88. The van der Waals surface area contributed by atoms with Gasteiger partial charge in [-0.05, 0) is 35.7 Å². The van der Waals surface area contributed by atoms with Gasteiger partial charge in [0, 0.05) is 21.5 Å². The van der Waals surface area contributed by atoms with Crippen LogP contribution in [0.1, 0.15) is 12.0 Å². The maximum absolute atomic E-state index is 11.8. The summed E-state index contributed by atoms with van der Waals surface area (Å²) in [6, 6.07) is 11.7. The first kappa shape index (κ1) is 15.1. The third kappa shape index (κ3) is 4.37. The highest BCUT2D eigenvalue weighted by Crippen LogP contribution is 2.24. The molecule has 1 amide bonds. The predicted molar refractivity (Wildman–Crippen MR) is 87.1 cm³/mol. The highest BCUT2D eigenvalue weighted by atomic mass is 79.9. The first-order valence-electron chi connectivity index (χ1n) is 5.85. The summed E-state index contributed by atoms with van der Waals surface area (Å²) in [5.74, 6) is 0.648. The van der Waals surface area contributed by atoms with Crippen LogP contribution in [0.15, 0.2) is 45.1 Å². The number of carbonyl (C=O) groups is 1. The largest absolute Gasteiger partial charge is 0.317 e. The number of hydrogen-bond acceptors (Lipinski definition) is 4. The van der Waals surface area contributed by atoms with Crippen LogP contribution in [0.4, 0.5) is 5.00 Å². The Hall–Kier alpha value is -1.29. The van der Waals surface area contributed by atoms with Crippen LogP contribution in [0.25, 0.3) is 0 Å². The Labute approximate surface area is 134 Å². The van der Waals surface area contributed by atoms with Crippen LogP contribution in [0.2, 0.25) is 0 Å². The first-order chi connectivity index (χ1) is 9.69. The lowest BCUT2D eigenvalue weighted by Crippen LogP contribution is -2.11. The molecule has 0 aliphatic carbocycles. The number of carbonyl (C=O) groups excluding carboxylic acids is 1. The number of thioether (sulfide) groups is 1. The zero-order valence-corrected chi connectivity index (χ0v) is 13.6. The average molecular weight is 367 g/mol. The smallest absolute Gasteiger partial charge is 0.225 e. The molecule has 102 valence electrons. The van der Waals surface area contributed by atoms with Crippen molar-refractivity contribution in [1.29, 1.82) is 5.26 Å². The summed E-state index contributed by atoms with van der Waals surface area (Å²) < 4.78 is 1.04. The Morgan fingerprint density at radius 2 is 2.10 bits per heavy atom. The molecule has 6 heteroatoms. The molecule has 1 aromatic carbocycles. The summed E-state index contributed by atoms with van der Waals surface area (Å²) >= 11 is 6.39. The number of halogens is 1. The zero-order valence-electron chi connectivity index (χ0n) is 10.4. The number of amides is 1. The highest BCUT2D eigenvalue weighted by molar-refractivity contribution is 9.10. The Balaban J connectivity index is 1.78. The molecule has 20 heavy (non-hydrogen) atoms. The van der Waals surface area contributed by atoms with Crippen molar-refractivity contribution in [2.45, 2.75) is 11.3 Å². The van der Waals surface area contributed by atoms with Crippen molar-refractivity contribution in [1.82, 2.24) is 0 Å². The zero-order chi connectivity index (χ0) is 14.4. The van der Waals surface area contributed by atoms with E-state index in [0.29, 0.717) is 22.7 Å². The minimum absolute atomic E-state index is 0.0615. The maximum atomic E-state index is 11.8. The molecule has 0 saturated heterocycles. The Morgan fingerprint density at radius 3 is 2.80 bits per heavy atom. The topological polar surface area (TPSA) is 52.9 Å². The lowest BCUT2D eigenvalue weighted by molar-refractivity contribution is -0.115. The monoisotopic (exact) mass is 366 g/mol. The van der Waals surface area contributed by atoms with Crippen molar-refractivity contribution in [2.24, 2.45) is 0 Å². The standard InChI is InChI=1S/C14H11BrN2OS2/c15-11-1-3-12(4-2-11)19-8-6-13(18)17-14-10(9-16)5-7-20-14/h1-5,7H,6,8H2,(H,17,18). The molecule has 1 N–H and O–H groups in total. The van der Waals surface area contributed by atoms with E-state index >= 15 is 0 Å². The molecule has 1 heterocycles. The number of hydrogen-bond donors (Lipinski definition) is 1. The van der Waals surface area contributed by atoms with Gasteiger partial charge in [-0.1, -0.05) is 15.9 Å². The van der Waals surface area contributed by atoms with Gasteiger partial charge in [0.15, 0.2) is 0 Å². The summed E-state index contributed by atoms with van der Waals surface area (Å²) in [4.78, 5) is 12.9. The molecule has 0 aliphatic rings. The van der Waals surface area contributed by atoms with Crippen LogP contribution in [0.5, 0.6) is 0 Å². The molecule has 0 bridgehead atoms. The Kier molecular flexibility index (Phi) is 5.65. The molecular formula is C14H11BrN2OS2. The molecule has 0 atom stereocenters. The van der Waals surface area contributed by atoms with Gasteiger partial charge in [-0.3, -0.25) is 4.79 Å². The highest BCUT2D eigenvalue weighted by Gasteiger charge is 2.08. The quantitative estimate of drug-likeness (QED) is 0.792. The molecule has 0 spiro atoms. The first-order valence-corrected chi connectivity index (χ1v) is 8.50. The van der Waals surface area contributed by atoms with Crippen LogP contribution in [0.3, 0.4) is 0 Å². The van der Waals surface area contributed by atoms with E-state index in [9.17, 15) is 4.79 Å². The maximum Gasteiger partial charge on any atom is 0.225 e. The number of rotatable bonds is 5. The van der Waals surface area contributed by atoms with Gasteiger partial charge in [-0.25, -0.2) is 0 Å². The number of benzene rings is 1. The average Bonchev–Trinajstić information content (AvgIpc) is 2.88. The molecule has 0 saturated carbocycles. The second kappa shape index (κ2) is 7.48. The van der Waals surface area contributed by atoms with E-state index in [1.54, 1.807) is 23.2 Å². The SMILES string of the molecule is N#Cc1ccsc1NC(=O)CCSc1ccc(Br)cc1. The van der Waals surface area contributed by atoms with Gasteiger partial charge in [0.1, 0.15) is 11.1 Å². The van der Waals surface area contributed by atoms with E-state index in [0.717, 1.165) is 9.37 Å². The van der Waals surface area contributed by atoms with Gasteiger partial charge in [-0.15, -0.1) is 23.1 Å². The number of nitrogens with one attached hydrogen (secondary N) is 1. The van der Waals surface area contributed by atoms with E-state index in [2.05, 4.69) is 27.3 Å². The van der Waals surface area contributed by atoms with Crippen molar-refractivity contribution in [3.8, 4) is 6.07 Å². The second-order valence-corrected chi connectivity index (χ2v) is 6.88. The van der Waals surface area contributed by atoms with Crippen LogP contribution in [-0.2, 0) is 4.79 Å². The van der Waals surface area contributed by atoms with Gasteiger partial charge < -0.3 is 5.32 Å². The molecular weight excluding hydrogens is 356 g/mol. The number of nitriles is 1. The van der Waals surface area contributed by atoms with Gasteiger partial charge in [0.2, 0.25) is 5.91 Å². The normalized spacial score (nSPS) is 10.0. The summed E-state index contributed by atoms with van der Waals surface area (Å²) in [6.07, 6.45) is 0.420. The summed E-state index contributed by atoms with van der Waals surface area (Å²) in [6.45, 7) is 0. The minimum atomic E-state index is -0.0615. The molecule has 2 rings (SSSR count). The van der Waals surface area contributed by atoms with Crippen molar-refractivity contribution in [3.63, 3.8) is 0 Å². The fourth-order valence-corrected chi connectivity index (χ4v) is 3.35. The molecule has 3 nitrogen and oxygen atoms in total. The Morgan fingerprint density at radius 1 is 1.35 bits per heavy atom. The van der Waals surface area contributed by atoms with Crippen molar-refractivity contribution >= 4 is 49.9 Å². The fraction of sp³-hybridized carbons (Fsp3) is 0.143. The molecule has 0 aliphatic heterocycles. The van der Waals surface area contributed by atoms with Crippen LogP contribution >= 0.6 is 39.0 Å². The molecule has 0 unspecified atom stereocenters. The van der Waals surface area contributed by atoms with Crippen LogP contribution < -0.4 is 5.32 Å². The Bertz CT molecular complexity index is 631. The van der Waals surface area contributed by atoms with Gasteiger partial charge >= 0.3 is 0 Å². The van der Waals surface area contributed by atoms with E-state index in [4.69, 9.17) is 5.26 Å². The summed E-state index contributed by atoms with van der Waals surface area (Å²) in [5.41, 5.74) is 0.518. The van der Waals surface area contributed by atoms with Crippen molar-refractivity contribution in [2.75, 3.05) is 11.1 Å². The third-order valence-electron chi connectivity index (χ3n) is 2.45. The molecule has 0 fully saturated rings. The predicted octanol–water partition coefficient (Wildman–Crippen LogP) is 4.50. The minimum Gasteiger partial charge on any atom is -0.317 e.